The van der Waals surface area contributed by atoms with Crippen molar-refractivity contribution in [3.8, 4) is 0 Å². The van der Waals surface area contributed by atoms with Crippen LogP contribution in [0.2, 0.25) is 0 Å². The Morgan fingerprint density at radius 3 is 2.55 bits per heavy atom. The number of nitrogens with zero attached hydrogens (tertiary/aromatic N) is 3. The molecule has 2 N–H and O–H groups in total. The van der Waals surface area contributed by atoms with Crippen LogP contribution >= 0.6 is 0 Å². The highest BCUT2D eigenvalue weighted by atomic mass is 16.1. The number of hydrogen-bond acceptors (Lipinski definition) is 5. The van der Waals surface area contributed by atoms with Crippen LogP contribution in [0.3, 0.4) is 0 Å². The third kappa shape index (κ3) is 6.47. The number of hydrogen-bond donors (Lipinski definition) is 2. The maximum Gasteiger partial charge on any atom is 0.271 e. The number of aromatic nitrogens is 2. The summed E-state index contributed by atoms with van der Waals surface area (Å²) < 4.78 is 0. The number of carbonyl (C=O) groups excluding carboxylic acids is 1. The van der Waals surface area contributed by atoms with Gasteiger partial charge in [-0.05, 0) is 26.4 Å². The first kappa shape index (κ1) is 16.4. The molecule has 0 aromatic carbocycles. The molecule has 1 rings (SSSR count). The zero-order valence-electron chi connectivity index (χ0n) is 12.8. The Bertz CT molecular complexity index is 403. The first-order chi connectivity index (χ1) is 9.49. The van der Waals surface area contributed by atoms with Crippen LogP contribution in [0.25, 0.3) is 0 Å². The molecule has 0 saturated carbocycles. The van der Waals surface area contributed by atoms with Gasteiger partial charge in [0, 0.05) is 19.6 Å². The zero-order chi connectivity index (χ0) is 15.0. The van der Waals surface area contributed by atoms with E-state index < -0.39 is 0 Å². The zero-order valence-corrected chi connectivity index (χ0v) is 12.8. The van der Waals surface area contributed by atoms with Crippen LogP contribution < -0.4 is 10.6 Å². The van der Waals surface area contributed by atoms with Crippen LogP contribution in [0.5, 0.6) is 0 Å². The SMILES string of the molecule is CC(C)CCNC(=O)c1cnc(NCCN(C)C)cn1. The second kappa shape index (κ2) is 8.47. The van der Waals surface area contributed by atoms with E-state index in [-0.39, 0.29) is 5.91 Å². The van der Waals surface area contributed by atoms with Gasteiger partial charge in [-0.3, -0.25) is 4.79 Å². The summed E-state index contributed by atoms with van der Waals surface area (Å²) in [6.07, 6.45) is 4.05. The number of rotatable bonds is 8. The second-order valence-electron chi connectivity index (χ2n) is 5.46. The minimum absolute atomic E-state index is 0.169. The normalized spacial score (nSPS) is 10.9. The molecule has 0 spiro atoms. The van der Waals surface area contributed by atoms with Crippen molar-refractivity contribution in [2.24, 2.45) is 5.92 Å². The average molecular weight is 279 g/mol. The van der Waals surface area contributed by atoms with E-state index >= 15 is 0 Å². The molecular formula is C14H25N5O. The molecule has 0 fully saturated rings. The maximum atomic E-state index is 11.8. The van der Waals surface area contributed by atoms with E-state index in [1.807, 2.05) is 14.1 Å². The maximum absolute atomic E-state index is 11.8. The lowest BCUT2D eigenvalue weighted by atomic mass is 10.1. The Morgan fingerprint density at radius 1 is 1.25 bits per heavy atom. The molecule has 1 aromatic rings. The molecule has 0 aliphatic rings. The monoisotopic (exact) mass is 279 g/mol. The fourth-order valence-corrected chi connectivity index (χ4v) is 1.51. The lowest BCUT2D eigenvalue weighted by molar-refractivity contribution is 0.0946. The Hall–Kier alpha value is -1.69. The van der Waals surface area contributed by atoms with Crippen molar-refractivity contribution in [2.45, 2.75) is 20.3 Å². The van der Waals surface area contributed by atoms with Gasteiger partial charge in [-0.1, -0.05) is 13.8 Å². The van der Waals surface area contributed by atoms with E-state index in [4.69, 9.17) is 0 Å². The predicted octanol–water partition coefficient (Wildman–Crippen LogP) is 1.23. The van der Waals surface area contributed by atoms with Crippen LogP contribution in [0.1, 0.15) is 30.8 Å². The number of amides is 1. The quantitative estimate of drug-likeness (QED) is 0.749. The third-order valence-electron chi connectivity index (χ3n) is 2.76. The molecule has 0 aliphatic carbocycles. The molecule has 0 radical (unpaired) electrons. The number of nitrogens with one attached hydrogen (secondary N) is 2. The predicted molar refractivity (Wildman–Crippen MR) is 80.9 cm³/mol. The summed E-state index contributed by atoms with van der Waals surface area (Å²) in [5, 5.41) is 5.99. The van der Waals surface area contributed by atoms with Gasteiger partial charge in [-0.2, -0.15) is 0 Å². The highest BCUT2D eigenvalue weighted by molar-refractivity contribution is 5.91. The van der Waals surface area contributed by atoms with E-state index in [1.54, 1.807) is 6.20 Å². The van der Waals surface area contributed by atoms with Crippen LogP contribution in [-0.4, -0.2) is 54.5 Å². The summed E-state index contributed by atoms with van der Waals surface area (Å²) in [7, 11) is 4.02. The summed E-state index contributed by atoms with van der Waals surface area (Å²) >= 11 is 0. The standard InChI is InChI=1S/C14H25N5O/c1-11(2)5-6-16-14(20)12-9-18-13(10-17-12)15-7-8-19(3)4/h9-11H,5-8H2,1-4H3,(H,15,18)(H,16,20). The highest BCUT2D eigenvalue weighted by Crippen LogP contribution is 2.01. The van der Waals surface area contributed by atoms with Gasteiger partial charge in [0.25, 0.3) is 5.91 Å². The van der Waals surface area contributed by atoms with Crippen molar-refractivity contribution in [3.05, 3.63) is 18.1 Å². The fraction of sp³-hybridized carbons (Fsp3) is 0.643. The van der Waals surface area contributed by atoms with E-state index in [0.29, 0.717) is 24.0 Å². The van der Waals surface area contributed by atoms with Crippen LogP contribution in [0.15, 0.2) is 12.4 Å². The van der Waals surface area contributed by atoms with Gasteiger partial charge >= 0.3 is 0 Å². The molecule has 0 bridgehead atoms. The van der Waals surface area contributed by atoms with Crippen LogP contribution in [0, 0.1) is 5.92 Å². The molecule has 1 amide bonds. The first-order valence-corrected chi connectivity index (χ1v) is 6.98. The van der Waals surface area contributed by atoms with Gasteiger partial charge in [0.05, 0.1) is 12.4 Å². The highest BCUT2D eigenvalue weighted by Gasteiger charge is 2.07. The van der Waals surface area contributed by atoms with Crippen molar-refractivity contribution in [1.82, 2.24) is 20.2 Å². The third-order valence-corrected chi connectivity index (χ3v) is 2.76. The largest absolute Gasteiger partial charge is 0.368 e. The van der Waals surface area contributed by atoms with Crippen molar-refractivity contribution >= 4 is 11.7 Å². The smallest absolute Gasteiger partial charge is 0.271 e. The van der Waals surface area contributed by atoms with Gasteiger partial charge < -0.3 is 15.5 Å². The summed E-state index contributed by atoms with van der Waals surface area (Å²) in [6.45, 7) is 6.63. The lowest BCUT2D eigenvalue weighted by Crippen LogP contribution is -2.26. The molecule has 112 valence electrons. The van der Waals surface area contributed by atoms with E-state index in [1.165, 1.54) is 6.20 Å². The lowest BCUT2D eigenvalue weighted by Gasteiger charge is -2.10. The molecule has 20 heavy (non-hydrogen) atoms. The van der Waals surface area contributed by atoms with E-state index in [2.05, 4.69) is 39.3 Å². The van der Waals surface area contributed by atoms with Crippen LogP contribution in [0.4, 0.5) is 5.82 Å². The molecular weight excluding hydrogens is 254 g/mol. The summed E-state index contributed by atoms with van der Waals surface area (Å²) in [5.41, 5.74) is 0.354. The minimum atomic E-state index is -0.169. The van der Waals surface area contributed by atoms with E-state index in [9.17, 15) is 4.79 Å². The van der Waals surface area contributed by atoms with Gasteiger partial charge in [-0.25, -0.2) is 9.97 Å². The molecule has 0 atom stereocenters. The van der Waals surface area contributed by atoms with Gasteiger partial charge in [0.2, 0.25) is 0 Å². The Labute approximate surface area is 121 Å². The summed E-state index contributed by atoms with van der Waals surface area (Å²) in [5.74, 6) is 1.09. The first-order valence-electron chi connectivity index (χ1n) is 6.98. The molecule has 1 aromatic heterocycles. The van der Waals surface area contributed by atoms with Crippen LogP contribution in [-0.2, 0) is 0 Å². The topological polar surface area (TPSA) is 70.2 Å². The molecule has 0 unspecified atom stereocenters. The number of likely N-dealkylation sites (N-methyl/N-ethyl adjacent to an activating group) is 1. The van der Waals surface area contributed by atoms with Crippen molar-refractivity contribution in [2.75, 3.05) is 39.0 Å². The second-order valence-corrected chi connectivity index (χ2v) is 5.46. The number of anilines is 1. The molecule has 0 saturated heterocycles. The summed E-state index contributed by atoms with van der Waals surface area (Å²) in [4.78, 5) is 22.2. The molecule has 6 nitrogen and oxygen atoms in total. The van der Waals surface area contributed by atoms with Crippen molar-refractivity contribution in [1.29, 1.82) is 0 Å². The fourth-order valence-electron chi connectivity index (χ4n) is 1.51. The van der Waals surface area contributed by atoms with Gasteiger partial charge in [-0.15, -0.1) is 0 Å². The minimum Gasteiger partial charge on any atom is -0.368 e. The Balaban J connectivity index is 2.39. The van der Waals surface area contributed by atoms with Gasteiger partial charge in [0.15, 0.2) is 0 Å². The summed E-state index contributed by atoms with van der Waals surface area (Å²) in [6, 6.07) is 0. The Morgan fingerprint density at radius 2 is 2.00 bits per heavy atom. The number of carbonyl (C=O) groups is 1. The molecule has 6 heteroatoms. The van der Waals surface area contributed by atoms with E-state index in [0.717, 1.165) is 19.5 Å². The average Bonchev–Trinajstić information content (AvgIpc) is 2.38. The molecule has 0 aliphatic heterocycles. The van der Waals surface area contributed by atoms with Crippen molar-refractivity contribution < 1.29 is 4.79 Å². The van der Waals surface area contributed by atoms with Crippen molar-refractivity contribution in [3.63, 3.8) is 0 Å². The Kier molecular flexibility index (Phi) is 6.93. The van der Waals surface area contributed by atoms with Gasteiger partial charge in [0.1, 0.15) is 11.5 Å². The molecule has 1 heterocycles.